The molecule has 0 aromatic heterocycles. The Kier molecular flexibility index (Phi) is 5.39. The highest BCUT2D eigenvalue weighted by Crippen LogP contribution is 2.30. The Balaban J connectivity index is 2.73. The molecule has 0 aliphatic rings. The van der Waals surface area contributed by atoms with Crippen molar-refractivity contribution in [2.24, 2.45) is 5.41 Å². The molecule has 1 unspecified atom stereocenters. The van der Waals surface area contributed by atoms with E-state index in [-0.39, 0.29) is 18.0 Å². The van der Waals surface area contributed by atoms with Crippen molar-refractivity contribution in [3.8, 4) is 0 Å². The largest absolute Gasteiger partial charge is 0.416 e. The normalized spacial score (nSPS) is 13.9. The summed E-state index contributed by atoms with van der Waals surface area (Å²) >= 11 is 0. The van der Waals surface area contributed by atoms with Crippen LogP contribution in [0.5, 0.6) is 0 Å². The number of nitrogens with one attached hydrogen (secondary N) is 1. The first-order chi connectivity index (χ1) is 9.58. The van der Waals surface area contributed by atoms with Gasteiger partial charge in [-0.05, 0) is 24.1 Å². The minimum absolute atomic E-state index is 0.121. The van der Waals surface area contributed by atoms with E-state index in [1.807, 2.05) is 6.92 Å². The molecule has 0 aliphatic heterocycles. The molecule has 0 heterocycles. The molecule has 0 saturated carbocycles. The fourth-order valence-electron chi connectivity index (χ4n) is 1.63. The second-order valence-electron chi connectivity index (χ2n) is 5.59. The van der Waals surface area contributed by atoms with Crippen LogP contribution in [0.4, 0.5) is 13.2 Å². The van der Waals surface area contributed by atoms with Gasteiger partial charge in [-0.25, -0.2) is 0 Å². The second kappa shape index (κ2) is 6.47. The first-order valence-electron chi connectivity index (χ1n) is 6.71. The molecule has 6 heteroatoms. The summed E-state index contributed by atoms with van der Waals surface area (Å²) in [5, 5.41) is 12.5. The fraction of sp³-hybridized carbons (Fsp3) is 0.533. The quantitative estimate of drug-likeness (QED) is 0.877. The molecule has 1 amide bonds. The van der Waals surface area contributed by atoms with Crippen molar-refractivity contribution in [3.05, 3.63) is 35.4 Å². The van der Waals surface area contributed by atoms with Crippen LogP contribution in [0.1, 0.15) is 44.4 Å². The Morgan fingerprint density at radius 2 is 1.95 bits per heavy atom. The van der Waals surface area contributed by atoms with Crippen molar-refractivity contribution in [2.45, 2.75) is 39.5 Å². The highest BCUT2D eigenvalue weighted by atomic mass is 19.4. The maximum absolute atomic E-state index is 12.6. The molecule has 0 saturated heterocycles. The van der Waals surface area contributed by atoms with E-state index in [9.17, 15) is 23.1 Å². The molecule has 118 valence electrons. The van der Waals surface area contributed by atoms with Crippen molar-refractivity contribution in [1.29, 1.82) is 0 Å². The summed E-state index contributed by atoms with van der Waals surface area (Å²) < 4.78 is 37.8. The highest BCUT2D eigenvalue weighted by molar-refractivity contribution is 5.81. The van der Waals surface area contributed by atoms with Crippen molar-refractivity contribution in [2.75, 3.05) is 6.54 Å². The minimum atomic E-state index is -4.46. The Morgan fingerprint density at radius 3 is 2.48 bits per heavy atom. The third kappa shape index (κ3) is 4.74. The van der Waals surface area contributed by atoms with E-state index in [1.54, 1.807) is 13.8 Å². The molecule has 1 rings (SSSR count). The Hall–Kier alpha value is -1.56. The van der Waals surface area contributed by atoms with Crippen molar-refractivity contribution in [1.82, 2.24) is 5.32 Å². The Labute approximate surface area is 122 Å². The second-order valence-corrected chi connectivity index (χ2v) is 5.59. The van der Waals surface area contributed by atoms with E-state index in [4.69, 9.17) is 0 Å². The Bertz CT molecular complexity index is 498. The van der Waals surface area contributed by atoms with Gasteiger partial charge in [-0.15, -0.1) is 0 Å². The molecule has 1 atom stereocenters. The van der Waals surface area contributed by atoms with Gasteiger partial charge in [0.25, 0.3) is 0 Å². The summed E-state index contributed by atoms with van der Waals surface area (Å²) in [6.45, 7) is 5.27. The lowest BCUT2D eigenvalue weighted by molar-refractivity contribution is -0.137. The van der Waals surface area contributed by atoms with Gasteiger partial charge in [0.2, 0.25) is 5.91 Å². The van der Waals surface area contributed by atoms with Crippen molar-refractivity contribution in [3.63, 3.8) is 0 Å². The van der Waals surface area contributed by atoms with E-state index < -0.39 is 23.3 Å². The smallest absolute Gasteiger partial charge is 0.387 e. The molecular weight excluding hydrogens is 283 g/mol. The van der Waals surface area contributed by atoms with Gasteiger partial charge < -0.3 is 10.4 Å². The summed E-state index contributed by atoms with van der Waals surface area (Å²) in [6.07, 6.45) is -5.01. The monoisotopic (exact) mass is 303 g/mol. The van der Waals surface area contributed by atoms with E-state index in [1.165, 1.54) is 12.1 Å². The van der Waals surface area contributed by atoms with Crippen LogP contribution in [0.3, 0.4) is 0 Å². The molecule has 3 nitrogen and oxygen atoms in total. The van der Waals surface area contributed by atoms with Crippen LogP contribution in [-0.2, 0) is 11.0 Å². The molecule has 0 spiro atoms. The molecule has 1 aromatic rings. The maximum atomic E-state index is 12.6. The average Bonchev–Trinajstić information content (AvgIpc) is 2.43. The van der Waals surface area contributed by atoms with E-state index in [0.717, 1.165) is 12.1 Å². The van der Waals surface area contributed by atoms with Crippen molar-refractivity contribution < 1.29 is 23.1 Å². The molecule has 0 bridgehead atoms. The number of alkyl halides is 3. The van der Waals surface area contributed by atoms with Gasteiger partial charge in [-0.1, -0.05) is 32.9 Å². The summed E-state index contributed by atoms with van der Waals surface area (Å²) in [6, 6.07) is 4.47. The molecular formula is C15H20F3NO2. The van der Waals surface area contributed by atoms with Gasteiger partial charge in [0, 0.05) is 12.0 Å². The molecule has 0 fully saturated rings. The van der Waals surface area contributed by atoms with Gasteiger partial charge in [0.15, 0.2) is 0 Å². The fourth-order valence-corrected chi connectivity index (χ4v) is 1.63. The summed E-state index contributed by atoms with van der Waals surface area (Å²) in [5.41, 5.74) is -1.27. The first kappa shape index (κ1) is 17.5. The van der Waals surface area contributed by atoms with Crippen LogP contribution >= 0.6 is 0 Å². The zero-order chi connectivity index (χ0) is 16.3. The van der Waals surface area contributed by atoms with E-state index >= 15 is 0 Å². The number of rotatable bonds is 5. The molecule has 1 aromatic carbocycles. The number of hydrogen-bond acceptors (Lipinski definition) is 2. The SMILES string of the molecule is CCC(C)(C)C(=O)NCC(O)c1cccc(C(F)(F)F)c1. The third-order valence-electron chi connectivity index (χ3n) is 3.55. The summed E-state index contributed by atoms with van der Waals surface area (Å²) in [4.78, 5) is 11.9. The number of amides is 1. The van der Waals surface area contributed by atoms with E-state index in [0.29, 0.717) is 6.42 Å². The molecule has 21 heavy (non-hydrogen) atoms. The topological polar surface area (TPSA) is 49.3 Å². The number of carbonyl (C=O) groups excluding carboxylic acids is 1. The van der Waals surface area contributed by atoms with Crippen LogP contribution in [0.25, 0.3) is 0 Å². The number of hydrogen-bond donors (Lipinski definition) is 2. The standard InChI is InChI=1S/C15H20F3NO2/c1-4-14(2,3)13(21)19-9-12(20)10-6-5-7-11(8-10)15(16,17)18/h5-8,12,20H,4,9H2,1-3H3,(H,19,21). The minimum Gasteiger partial charge on any atom is -0.387 e. The van der Waals surface area contributed by atoms with Crippen LogP contribution in [0.2, 0.25) is 0 Å². The van der Waals surface area contributed by atoms with Crippen LogP contribution < -0.4 is 5.32 Å². The number of benzene rings is 1. The predicted octanol–water partition coefficient (Wildman–Crippen LogP) is 3.29. The lowest BCUT2D eigenvalue weighted by atomic mass is 9.89. The van der Waals surface area contributed by atoms with Crippen molar-refractivity contribution >= 4 is 5.91 Å². The number of halogens is 3. The number of carbonyl (C=O) groups is 1. The number of aliphatic hydroxyl groups excluding tert-OH is 1. The zero-order valence-corrected chi connectivity index (χ0v) is 12.3. The zero-order valence-electron chi connectivity index (χ0n) is 12.3. The van der Waals surface area contributed by atoms with Gasteiger partial charge in [0.1, 0.15) is 0 Å². The van der Waals surface area contributed by atoms with Crippen LogP contribution in [0, 0.1) is 5.41 Å². The van der Waals surface area contributed by atoms with E-state index in [2.05, 4.69) is 5.32 Å². The molecule has 2 N–H and O–H groups in total. The van der Waals surface area contributed by atoms with Gasteiger partial charge in [-0.3, -0.25) is 4.79 Å². The van der Waals surface area contributed by atoms with Gasteiger partial charge in [0.05, 0.1) is 11.7 Å². The van der Waals surface area contributed by atoms with Crippen LogP contribution in [-0.4, -0.2) is 17.6 Å². The lowest BCUT2D eigenvalue weighted by Gasteiger charge is -2.23. The summed E-state index contributed by atoms with van der Waals surface area (Å²) in [7, 11) is 0. The average molecular weight is 303 g/mol. The summed E-state index contributed by atoms with van der Waals surface area (Å²) in [5.74, 6) is -0.240. The van der Waals surface area contributed by atoms with Gasteiger partial charge in [-0.2, -0.15) is 13.2 Å². The van der Waals surface area contributed by atoms with Gasteiger partial charge >= 0.3 is 6.18 Å². The lowest BCUT2D eigenvalue weighted by Crippen LogP contribution is -2.38. The van der Waals surface area contributed by atoms with Crippen LogP contribution in [0.15, 0.2) is 24.3 Å². The number of aliphatic hydroxyl groups is 1. The first-order valence-corrected chi connectivity index (χ1v) is 6.71. The maximum Gasteiger partial charge on any atom is 0.416 e. The molecule has 0 aliphatic carbocycles. The highest BCUT2D eigenvalue weighted by Gasteiger charge is 2.31. The predicted molar refractivity (Wildman–Crippen MR) is 73.5 cm³/mol. The Morgan fingerprint density at radius 1 is 1.33 bits per heavy atom. The molecule has 0 radical (unpaired) electrons. The third-order valence-corrected chi connectivity index (χ3v) is 3.55.